The van der Waals surface area contributed by atoms with Crippen molar-refractivity contribution >= 4 is 11.9 Å². The molecule has 1 aromatic rings. The molecule has 2 atom stereocenters. The fourth-order valence-electron chi connectivity index (χ4n) is 4.21. The maximum Gasteiger partial charge on any atom is 0.490 e. The highest BCUT2D eigenvalue weighted by Crippen LogP contribution is 2.37. The zero-order valence-corrected chi connectivity index (χ0v) is 16.4. The fourth-order valence-corrected chi connectivity index (χ4v) is 4.21. The molecule has 0 aliphatic carbocycles. The van der Waals surface area contributed by atoms with Gasteiger partial charge in [-0.25, -0.2) is 4.79 Å². The highest BCUT2D eigenvalue weighted by Gasteiger charge is 2.47. The van der Waals surface area contributed by atoms with Crippen LogP contribution in [0.25, 0.3) is 0 Å². The topological polar surface area (TPSA) is 82.8 Å². The average Bonchev–Trinajstić information content (AvgIpc) is 3.10. The number of aliphatic carboxylic acids is 1. The number of amides is 1. The van der Waals surface area contributed by atoms with Crippen molar-refractivity contribution in [3.8, 4) is 0 Å². The Morgan fingerprint density at radius 1 is 1.39 bits per heavy atom. The number of nitrogens with one attached hydrogen (secondary N) is 1. The van der Waals surface area contributed by atoms with E-state index in [4.69, 9.17) is 14.3 Å². The van der Waals surface area contributed by atoms with Crippen molar-refractivity contribution < 1.29 is 32.3 Å². The normalized spacial score (nSPS) is 25.4. The van der Waals surface area contributed by atoms with Gasteiger partial charge in [-0.3, -0.25) is 9.69 Å². The summed E-state index contributed by atoms with van der Waals surface area (Å²) in [6.45, 7) is 8.28. The molecule has 3 rings (SSSR count). The molecule has 0 radical (unpaired) electrons. The van der Waals surface area contributed by atoms with E-state index in [1.165, 1.54) is 5.56 Å². The van der Waals surface area contributed by atoms with Gasteiger partial charge in [-0.05, 0) is 57.7 Å². The molecular formula is C19H27F3N2O4. The second-order valence-electron chi connectivity index (χ2n) is 7.46. The summed E-state index contributed by atoms with van der Waals surface area (Å²) in [5.41, 5.74) is 1.22. The summed E-state index contributed by atoms with van der Waals surface area (Å²) in [5.74, 6) is -0.476. The summed E-state index contributed by atoms with van der Waals surface area (Å²) in [6.07, 6.45) is -0.0846. The van der Waals surface area contributed by atoms with Crippen LogP contribution in [0.15, 0.2) is 10.5 Å². The molecule has 1 aromatic heterocycles. The van der Waals surface area contributed by atoms with Gasteiger partial charge in [-0.15, -0.1) is 0 Å². The Morgan fingerprint density at radius 2 is 2.04 bits per heavy atom. The number of carboxylic acids is 1. The molecule has 0 bridgehead atoms. The summed E-state index contributed by atoms with van der Waals surface area (Å²) < 4.78 is 37.6. The number of halogens is 3. The van der Waals surface area contributed by atoms with Crippen molar-refractivity contribution in [1.82, 2.24) is 10.2 Å². The van der Waals surface area contributed by atoms with E-state index in [9.17, 15) is 18.0 Å². The smallest absolute Gasteiger partial charge is 0.475 e. The maximum atomic E-state index is 11.7. The molecule has 6 nitrogen and oxygen atoms in total. The Labute approximate surface area is 162 Å². The minimum atomic E-state index is -5.08. The van der Waals surface area contributed by atoms with Gasteiger partial charge >= 0.3 is 12.1 Å². The third-order valence-electron chi connectivity index (χ3n) is 5.54. The standard InChI is InChI=1S/C17H26N2O2.C2HF3O2/c1-4-15-17(8-6-16(20)18-17)7-5-9-19(15)11-14-10-12(2)13(3)21-14;3-2(4,5)1(6)7/h10,15H,4-9,11H2,1-3H3,(H,18,20);(H,6,7)/t15-,17+;/m1./s1. The molecule has 2 saturated heterocycles. The Morgan fingerprint density at radius 3 is 2.46 bits per heavy atom. The van der Waals surface area contributed by atoms with E-state index in [2.05, 4.69) is 30.1 Å². The van der Waals surface area contributed by atoms with Crippen molar-refractivity contribution in [1.29, 1.82) is 0 Å². The summed E-state index contributed by atoms with van der Waals surface area (Å²) in [7, 11) is 0. The van der Waals surface area contributed by atoms with E-state index < -0.39 is 12.1 Å². The van der Waals surface area contributed by atoms with Crippen LogP contribution in [0.3, 0.4) is 0 Å². The van der Waals surface area contributed by atoms with Gasteiger partial charge in [0.05, 0.1) is 12.1 Å². The lowest BCUT2D eigenvalue weighted by atomic mass is 9.78. The molecule has 1 amide bonds. The van der Waals surface area contributed by atoms with Crippen LogP contribution in [-0.2, 0) is 16.1 Å². The molecule has 2 aliphatic rings. The number of furan rings is 1. The molecule has 28 heavy (non-hydrogen) atoms. The third kappa shape index (κ3) is 5.06. The van der Waals surface area contributed by atoms with E-state index >= 15 is 0 Å². The average molecular weight is 404 g/mol. The van der Waals surface area contributed by atoms with E-state index in [1.807, 2.05) is 6.92 Å². The van der Waals surface area contributed by atoms with Gasteiger partial charge in [-0.2, -0.15) is 13.2 Å². The second kappa shape index (κ2) is 8.55. The molecule has 2 aliphatic heterocycles. The van der Waals surface area contributed by atoms with Crippen LogP contribution in [0.5, 0.6) is 0 Å². The summed E-state index contributed by atoms with van der Waals surface area (Å²) >= 11 is 0. The summed E-state index contributed by atoms with van der Waals surface area (Å²) in [4.78, 5) is 23.1. The monoisotopic (exact) mass is 404 g/mol. The van der Waals surface area contributed by atoms with Crippen LogP contribution in [0.2, 0.25) is 0 Å². The predicted octanol–water partition coefficient (Wildman–Crippen LogP) is 3.55. The van der Waals surface area contributed by atoms with Gasteiger partial charge in [0.1, 0.15) is 11.5 Å². The van der Waals surface area contributed by atoms with Gasteiger partial charge < -0.3 is 14.8 Å². The summed E-state index contributed by atoms with van der Waals surface area (Å²) in [5, 5.41) is 10.4. The van der Waals surface area contributed by atoms with Gasteiger partial charge in [0, 0.05) is 12.5 Å². The molecular weight excluding hydrogens is 377 g/mol. The first-order chi connectivity index (χ1) is 13.0. The van der Waals surface area contributed by atoms with Crippen molar-refractivity contribution in [2.45, 2.75) is 77.2 Å². The van der Waals surface area contributed by atoms with Crippen LogP contribution in [-0.4, -0.2) is 46.2 Å². The Hall–Kier alpha value is -2.03. The largest absolute Gasteiger partial charge is 0.490 e. The van der Waals surface area contributed by atoms with Crippen molar-refractivity contribution in [2.75, 3.05) is 6.54 Å². The Kier molecular flexibility index (Phi) is 6.80. The molecule has 2 fully saturated rings. The molecule has 1 spiro atoms. The van der Waals surface area contributed by atoms with Crippen LogP contribution >= 0.6 is 0 Å². The number of likely N-dealkylation sites (tertiary alicyclic amines) is 1. The number of nitrogens with zero attached hydrogens (tertiary/aromatic N) is 1. The Balaban J connectivity index is 0.000000345. The zero-order chi connectivity index (χ0) is 21.1. The highest BCUT2D eigenvalue weighted by atomic mass is 19.4. The third-order valence-corrected chi connectivity index (χ3v) is 5.54. The highest BCUT2D eigenvalue weighted by molar-refractivity contribution is 5.79. The van der Waals surface area contributed by atoms with Crippen LogP contribution < -0.4 is 5.32 Å². The van der Waals surface area contributed by atoms with Crippen molar-refractivity contribution in [3.05, 3.63) is 23.2 Å². The summed E-state index contributed by atoms with van der Waals surface area (Å²) in [6, 6.07) is 2.57. The van der Waals surface area contributed by atoms with Gasteiger partial charge in [-0.1, -0.05) is 6.92 Å². The van der Waals surface area contributed by atoms with Crippen LogP contribution in [0.1, 0.15) is 56.1 Å². The van der Waals surface area contributed by atoms with Crippen LogP contribution in [0, 0.1) is 13.8 Å². The minimum Gasteiger partial charge on any atom is -0.475 e. The first-order valence-electron chi connectivity index (χ1n) is 9.39. The lowest BCUT2D eigenvalue weighted by Crippen LogP contribution is -2.61. The number of alkyl halides is 3. The van der Waals surface area contributed by atoms with E-state index in [-0.39, 0.29) is 11.4 Å². The van der Waals surface area contributed by atoms with E-state index in [0.29, 0.717) is 12.5 Å². The molecule has 0 saturated carbocycles. The van der Waals surface area contributed by atoms with Crippen LogP contribution in [0.4, 0.5) is 13.2 Å². The van der Waals surface area contributed by atoms with E-state index in [1.54, 1.807) is 0 Å². The number of hydrogen-bond acceptors (Lipinski definition) is 4. The molecule has 158 valence electrons. The van der Waals surface area contributed by atoms with Gasteiger partial charge in [0.2, 0.25) is 5.91 Å². The molecule has 0 unspecified atom stereocenters. The van der Waals surface area contributed by atoms with Gasteiger partial charge in [0.15, 0.2) is 0 Å². The number of carbonyl (C=O) groups excluding carboxylic acids is 1. The maximum absolute atomic E-state index is 11.7. The molecule has 3 heterocycles. The number of aryl methyl sites for hydroxylation is 2. The zero-order valence-electron chi connectivity index (χ0n) is 16.4. The van der Waals surface area contributed by atoms with Gasteiger partial charge in [0.25, 0.3) is 0 Å². The molecule has 9 heteroatoms. The van der Waals surface area contributed by atoms with E-state index in [0.717, 1.165) is 50.3 Å². The molecule has 0 aromatic carbocycles. The SMILES string of the molecule is CC[C@H]1N(Cc2cc(C)c(C)o2)CCC[C@]12CCC(=O)N2.O=C(O)C(F)(F)F. The lowest BCUT2D eigenvalue weighted by molar-refractivity contribution is -0.192. The number of carbonyl (C=O) groups is 2. The van der Waals surface area contributed by atoms with Crippen molar-refractivity contribution in [3.63, 3.8) is 0 Å². The number of hydrogen-bond donors (Lipinski definition) is 2. The number of rotatable bonds is 3. The lowest BCUT2D eigenvalue weighted by Gasteiger charge is -2.47. The predicted molar refractivity (Wildman–Crippen MR) is 95.7 cm³/mol. The number of piperidine rings is 1. The Bertz CT molecular complexity index is 697. The first kappa shape index (κ1) is 22.3. The minimum absolute atomic E-state index is 0.000759. The molecule has 2 N–H and O–H groups in total. The first-order valence-corrected chi connectivity index (χ1v) is 9.39. The quantitative estimate of drug-likeness (QED) is 0.805. The number of carboxylic acid groups (broad SMARTS) is 1. The van der Waals surface area contributed by atoms with Crippen molar-refractivity contribution in [2.24, 2.45) is 0 Å². The fraction of sp³-hybridized carbons (Fsp3) is 0.684. The second-order valence-corrected chi connectivity index (χ2v) is 7.46.